The first-order chi connectivity index (χ1) is 8.88. The molecule has 0 bridgehead atoms. The lowest BCUT2D eigenvalue weighted by Crippen LogP contribution is -2.42. The zero-order valence-electron chi connectivity index (χ0n) is 11.9. The van der Waals surface area contributed by atoms with E-state index in [4.69, 9.17) is 0 Å². The van der Waals surface area contributed by atoms with Crippen LogP contribution in [-0.4, -0.2) is 27.9 Å². The maximum absolute atomic E-state index is 11.7. The quantitative estimate of drug-likeness (QED) is 0.888. The largest absolute Gasteiger partial charge is 0.479 e. The number of rotatable bonds is 5. The van der Waals surface area contributed by atoms with E-state index in [1.165, 1.54) is 11.8 Å². The van der Waals surface area contributed by atoms with Gasteiger partial charge in [-0.05, 0) is 31.4 Å². The SMILES string of the molecule is CCc1ccc(C(C(=O)O)N(C(C)=O)C(C)C)cc1. The zero-order valence-corrected chi connectivity index (χ0v) is 11.9. The van der Waals surface area contributed by atoms with Crippen molar-refractivity contribution in [3.8, 4) is 0 Å². The second kappa shape index (κ2) is 6.36. The van der Waals surface area contributed by atoms with Crippen LogP contribution in [0.4, 0.5) is 0 Å². The van der Waals surface area contributed by atoms with E-state index in [-0.39, 0.29) is 11.9 Å². The fourth-order valence-electron chi connectivity index (χ4n) is 2.20. The van der Waals surface area contributed by atoms with E-state index in [1.54, 1.807) is 12.1 Å². The minimum absolute atomic E-state index is 0.163. The molecule has 0 aromatic heterocycles. The number of hydrogen-bond acceptors (Lipinski definition) is 2. The molecule has 4 nitrogen and oxygen atoms in total. The van der Waals surface area contributed by atoms with Crippen molar-refractivity contribution in [2.45, 2.75) is 46.2 Å². The molecular formula is C15H21NO3. The van der Waals surface area contributed by atoms with Crippen LogP contribution < -0.4 is 0 Å². The molecule has 0 saturated carbocycles. The molecule has 104 valence electrons. The first-order valence-corrected chi connectivity index (χ1v) is 6.49. The van der Waals surface area contributed by atoms with Gasteiger partial charge in [0, 0.05) is 13.0 Å². The Morgan fingerprint density at radius 3 is 2.05 bits per heavy atom. The number of benzene rings is 1. The van der Waals surface area contributed by atoms with Gasteiger partial charge in [-0.1, -0.05) is 31.2 Å². The molecule has 0 aliphatic heterocycles. The van der Waals surface area contributed by atoms with Gasteiger partial charge in [-0.2, -0.15) is 0 Å². The zero-order chi connectivity index (χ0) is 14.6. The highest BCUT2D eigenvalue weighted by molar-refractivity contribution is 5.83. The van der Waals surface area contributed by atoms with Crippen molar-refractivity contribution in [1.82, 2.24) is 4.90 Å². The van der Waals surface area contributed by atoms with Gasteiger partial charge in [0.1, 0.15) is 0 Å². The van der Waals surface area contributed by atoms with Crippen molar-refractivity contribution in [2.75, 3.05) is 0 Å². The summed E-state index contributed by atoms with van der Waals surface area (Å²) in [4.78, 5) is 24.6. The van der Waals surface area contributed by atoms with Crippen LogP contribution in [0.2, 0.25) is 0 Å². The highest BCUT2D eigenvalue weighted by atomic mass is 16.4. The predicted octanol–water partition coefficient (Wildman–Crippen LogP) is 2.63. The summed E-state index contributed by atoms with van der Waals surface area (Å²) in [5.74, 6) is -1.24. The van der Waals surface area contributed by atoms with Crippen LogP contribution in [0.1, 0.15) is 44.9 Å². The molecule has 1 amide bonds. The molecule has 1 aromatic rings. The van der Waals surface area contributed by atoms with Crippen molar-refractivity contribution in [3.05, 3.63) is 35.4 Å². The third-order valence-electron chi connectivity index (χ3n) is 3.14. The molecule has 0 aliphatic carbocycles. The summed E-state index contributed by atoms with van der Waals surface area (Å²) in [6.07, 6.45) is 0.901. The summed E-state index contributed by atoms with van der Waals surface area (Å²) in [6, 6.07) is 6.30. The molecule has 1 N–H and O–H groups in total. The number of aliphatic carboxylic acids is 1. The molecule has 0 fully saturated rings. The van der Waals surface area contributed by atoms with Gasteiger partial charge in [0.05, 0.1) is 0 Å². The highest BCUT2D eigenvalue weighted by Crippen LogP contribution is 2.24. The predicted molar refractivity (Wildman–Crippen MR) is 73.9 cm³/mol. The van der Waals surface area contributed by atoms with Gasteiger partial charge in [0.2, 0.25) is 5.91 Å². The third-order valence-corrected chi connectivity index (χ3v) is 3.14. The second-order valence-electron chi connectivity index (χ2n) is 4.86. The molecule has 0 saturated heterocycles. The Kier molecular flexibility index (Phi) is 5.10. The van der Waals surface area contributed by atoms with E-state index >= 15 is 0 Å². The first kappa shape index (κ1) is 15.2. The second-order valence-corrected chi connectivity index (χ2v) is 4.86. The maximum Gasteiger partial charge on any atom is 0.331 e. The smallest absolute Gasteiger partial charge is 0.331 e. The van der Waals surface area contributed by atoms with Crippen LogP contribution in [0, 0.1) is 0 Å². The summed E-state index contributed by atoms with van der Waals surface area (Å²) in [5.41, 5.74) is 1.78. The monoisotopic (exact) mass is 263 g/mol. The molecular weight excluding hydrogens is 242 g/mol. The van der Waals surface area contributed by atoms with Crippen LogP contribution in [0.15, 0.2) is 24.3 Å². The van der Waals surface area contributed by atoms with E-state index in [2.05, 4.69) is 0 Å². The van der Waals surface area contributed by atoms with Gasteiger partial charge in [-0.25, -0.2) is 4.79 Å². The van der Waals surface area contributed by atoms with E-state index in [0.717, 1.165) is 12.0 Å². The van der Waals surface area contributed by atoms with Crippen molar-refractivity contribution in [2.24, 2.45) is 0 Å². The third kappa shape index (κ3) is 3.56. The number of carboxylic acid groups (broad SMARTS) is 1. The van der Waals surface area contributed by atoms with Gasteiger partial charge >= 0.3 is 5.97 Å². The van der Waals surface area contributed by atoms with Crippen molar-refractivity contribution in [3.63, 3.8) is 0 Å². The lowest BCUT2D eigenvalue weighted by molar-refractivity contribution is -0.151. The number of aryl methyl sites for hydroxylation is 1. The standard InChI is InChI=1S/C15H21NO3/c1-5-12-6-8-13(9-7-12)14(15(18)19)16(10(2)3)11(4)17/h6-10,14H,5H2,1-4H3,(H,18,19). The van der Waals surface area contributed by atoms with E-state index < -0.39 is 12.0 Å². The summed E-state index contributed by atoms with van der Waals surface area (Å²) in [5, 5.41) is 9.43. The maximum atomic E-state index is 11.7. The average molecular weight is 263 g/mol. The Bertz CT molecular complexity index is 451. The molecule has 1 rings (SSSR count). The fourth-order valence-corrected chi connectivity index (χ4v) is 2.20. The number of carbonyl (C=O) groups is 2. The Morgan fingerprint density at radius 2 is 1.74 bits per heavy atom. The molecule has 0 heterocycles. The highest BCUT2D eigenvalue weighted by Gasteiger charge is 2.31. The molecule has 1 atom stereocenters. The number of carbonyl (C=O) groups excluding carboxylic acids is 1. The van der Waals surface area contributed by atoms with Crippen LogP contribution in [0.5, 0.6) is 0 Å². The summed E-state index contributed by atoms with van der Waals surface area (Å²) >= 11 is 0. The number of carboxylic acids is 1. The Hall–Kier alpha value is -1.84. The Labute approximate surface area is 114 Å². The Balaban J connectivity index is 3.18. The molecule has 4 heteroatoms. The lowest BCUT2D eigenvalue weighted by Gasteiger charge is -2.31. The number of amides is 1. The Morgan fingerprint density at radius 1 is 1.21 bits per heavy atom. The molecule has 19 heavy (non-hydrogen) atoms. The van der Waals surface area contributed by atoms with Crippen molar-refractivity contribution < 1.29 is 14.7 Å². The lowest BCUT2D eigenvalue weighted by atomic mass is 10.0. The van der Waals surface area contributed by atoms with E-state index in [0.29, 0.717) is 5.56 Å². The van der Waals surface area contributed by atoms with Gasteiger partial charge < -0.3 is 10.0 Å². The van der Waals surface area contributed by atoms with Crippen LogP contribution in [-0.2, 0) is 16.0 Å². The summed E-state index contributed by atoms with van der Waals surface area (Å²) in [6.45, 7) is 7.07. The summed E-state index contributed by atoms with van der Waals surface area (Å²) < 4.78 is 0. The molecule has 0 aliphatic rings. The first-order valence-electron chi connectivity index (χ1n) is 6.49. The van der Waals surface area contributed by atoms with Crippen LogP contribution in [0.25, 0.3) is 0 Å². The van der Waals surface area contributed by atoms with Crippen LogP contribution in [0.3, 0.4) is 0 Å². The van der Waals surface area contributed by atoms with Gasteiger partial charge in [0.25, 0.3) is 0 Å². The van der Waals surface area contributed by atoms with E-state index in [1.807, 2.05) is 32.9 Å². The molecule has 1 aromatic carbocycles. The fraction of sp³-hybridized carbons (Fsp3) is 0.467. The van der Waals surface area contributed by atoms with E-state index in [9.17, 15) is 14.7 Å². The molecule has 0 radical (unpaired) electrons. The average Bonchev–Trinajstić information content (AvgIpc) is 2.34. The van der Waals surface area contributed by atoms with Crippen molar-refractivity contribution >= 4 is 11.9 Å². The van der Waals surface area contributed by atoms with Gasteiger partial charge in [0.15, 0.2) is 6.04 Å². The molecule has 1 unspecified atom stereocenters. The normalized spacial score (nSPS) is 12.3. The minimum Gasteiger partial charge on any atom is -0.479 e. The van der Waals surface area contributed by atoms with Gasteiger partial charge in [-0.3, -0.25) is 4.79 Å². The molecule has 0 spiro atoms. The van der Waals surface area contributed by atoms with Gasteiger partial charge in [-0.15, -0.1) is 0 Å². The minimum atomic E-state index is -1.01. The summed E-state index contributed by atoms with van der Waals surface area (Å²) in [7, 11) is 0. The number of hydrogen-bond donors (Lipinski definition) is 1. The number of nitrogens with zero attached hydrogens (tertiary/aromatic N) is 1. The van der Waals surface area contributed by atoms with Crippen LogP contribution >= 0.6 is 0 Å². The topological polar surface area (TPSA) is 57.6 Å². The van der Waals surface area contributed by atoms with Crippen molar-refractivity contribution in [1.29, 1.82) is 0 Å².